The van der Waals surface area contributed by atoms with Crippen LogP contribution in [0.15, 0.2) is 18.2 Å². The highest BCUT2D eigenvalue weighted by Gasteiger charge is 2.39. The van der Waals surface area contributed by atoms with Crippen molar-refractivity contribution >= 4 is 33.0 Å². The molecule has 1 fully saturated rings. The SMILES string of the molecule is CC1(NC(=O)c2ccc(Cl)c([N+](=O)[O-])c2)CCS(=O)(=O)C1. The highest BCUT2D eigenvalue weighted by Crippen LogP contribution is 2.27. The lowest BCUT2D eigenvalue weighted by Crippen LogP contribution is -2.46. The molecule has 7 nitrogen and oxygen atoms in total. The van der Waals surface area contributed by atoms with E-state index in [2.05, 4.69) is 5.32 Å². The zero-order chi connectivity index (χ0) is 15.8. The fourth-order valence-corrected chi connectivity index (χ4v) is 4.53. The van der Waals surface area contributed by atoms with E-state index >= 15 is 0 Å². The maximum atomic E-state index is 12.1. The zero-order valence-corrected chi connectivity index (χ0v) is 12.7. The predicted octanol–water partition coefficient (Wildman–Crippen LogP) is 1.56. The van der Waals surface area contributed by atoms with Crippen LogP contribution >= 0.6 is 11.6 Å². The largest absolute Gasteiger partial charge is 0.346 e. The van der Waals surface area contributed by atoms with Gasteiger partial charge < -0.3 is 5.32 Å². The van der Waals surface area contributed by atoms with Crippen molar-refractivity contribution in [3.8, 4) is 0 Å². The average molecular weight is 333 g/mol. The van der Waals surface area contributed by atoms with Crippen molar-refractivity contribution in [2.75, 3.05) is 11.5 Å². The molecular formula is C12H13ClN2O5S. The highest BCUT2D eigenvalue weighted by molar-refractivity contribution is 7.91. The molecule has 2 rings (SSSR count). The van der Waals surface area contributed by atoms with E-state index in [1.807, 2.05) is 0 Å². The Hall–Kier alpha value is -1.67. The summed E-state index contributed by atoms with van der Waals surface area (Å²) in [5.41, 5.74) is -1.16. The summed E-state index contributed by atoms with van der Waals surface area (Å²) in [5.74, 6) is -0.680. The normalized spacial score (nSPS) is 23.7. The average Bonchev–Trinajstić information content (AvgIpc) is 2.63. The van der Waals surface area contributed by atoms with Crippen molar-refractivity contribution in [1.82, 2.24) is 5.32 Å². The Kier molecular flexibility index (Phi) is 3.94. The maximum absolute atomic E-state index is 12.1. The third-order valence-corrected chi connectivity index (χ3v) is 5.55. The Morgan fingerprint density at radius 2 is 2.14 bits per heavy atom. The minimum Gasteiger partial charge on any atom is -0.346 e. The van der Waals surface area contributed by atoms with Crippen LogP contribution in [0.25, 0.3) is 0 Å². The lowest BCUT2D eigenvalue weighted by Gasteiger charge is -2.23. The summed E-state index contributed by atoms with van der Waals surface area (Å²) in [7, 11) is -3.15. The smallest absolute Gasteiger partial charge is 0.288 e. The van der Waals surface area contributed by atoms with Crippen LogP contribution in [0.4, 0.5) is 5.69 Å². The fourth-order valence-electron chi connectivity index (χ4n) is 2.25. The van der Waals surface area contributed by atoms with Crippen molar-refractivity contribution < 1.29 is 18.1 Å². The lowest BCUT2D eigenvalue weighted by atomic mass is 10.0. The van der Waals surface area contributed by atoms with Gasteiger partial charge in [-0.1, -0.05) is 11.6 Å². The Labute approximate surface area is 126 Å². The molecule has 1 saturated heterocycles. The molecule has 1 heterocycles. The number of rotatable bonds is 3. The number of nitro groups is 1. The van der Waals surface area contributed by atoms with E-state index in [9.17, 15) is 23.3 Å². The summed E-state index contributed by atoms with van der Waals surface area (Å²) in [6.45, 7) is 1.64. The van der Waals surface area contributed by atoms with Gasteiger partial charge in [0.25, 0.3) is 11.6 Å². The van der Waals surface area contributed by atoms with E-state index in [1.54, 1.807) is 6.92 Å². The summed E-state index contributed by atoms with van der Waals surface area (Å²) in [6.07, 6.45) is 0.316. The molecule has 9 heteroatoms. The molecule has 21 heavy (non-hydrogen) atoms. The fraction of sp³-hybridized carbons (Fsp3) is 0.417. The lowest BCUT2D eigenvalue weighted by molar-refractivity contribution is -0.384. The first kappa shape index (κ1) is 15.7. The number of carbonyl (C=O) groups excluding carboxylic acids is 1. The molecule has 1 aromatic carbocycles. The molecule has 0 saturated carbocycles. The van der Waals surface area contributed by atoms with E-state index in [0.717, 1.165) is 6.07 Å². The summed E-state index contributed by atoms with van der Waals surface area (Å²) in [5, 5.41) is 13.4. The van der Waals surface area contributed by atoms with E-state index in [-0.39, 0.29) is 27.8 Å². The van der Waals surface area contributed by atoms with E-state index in [4.69, 9.17) is 11.6 Å². The number of halogens is 1. The van der Waals surface area contributed by atoms with Crippen LogP contribution in [-0.4, -0.2) is 36.3 Å². The van der Waals surface area contributed by atoms with Crippen molar-refractivity contribution in [2.24, 2.45) is 0 Å². The second kappa shape index (κ2) is 5.27. The number of nitro benzene ring substituents is 1. The third-order valence-electron chi connectivity index (χ3n) is 3.32. The Morgan fingerprint density at radius 1 is 1.48 bits per heavy atom. The van der Waals surface area contributed by atoms with E-state index in [0.29, 0.717) is 6.42 Å². The molecule has 0 aromatic heterocycles. The summed E-state index contributed by atoms with van der Waals surface area (Å²) in [6, 6.07) is 3.70. The number of hydrogen-bond acceptors (Lipinski definition) is 5. The van der Waals surface area contributed by atoms with E-state index in [1.165, 1.54) is 12.1 Å². The molecular weight excluding hydrogens is 320 g/mol. The van der Waals surface area contributed by atoms with Gasteiger partial charge in [0.2, 0.25) is 0 Å². The molecule has 1 amide bonds. The molecule has 114 valence electrons. The van der Waals surface area contributed by atoms with Gasteiger partial charge in [-0.25, -0.2) is 8.42 Å². The number of sulfone groups is 1. The summed E-state index contributed by atoms with van der Waals surface area (Å²) in [4.78, 5) is 22.3. The Balaban J connectivity index is 2.22. The first-order valence-electron chi connectivity index (χ1n) is 6.09. The summed E-state index contributed by atoms with van der Waals surface area (Å²) >= 11 is 5.68. The number of nitrogens with one attached hydrogen (secondary N) is 1. The van der Waals surface area contributed by atoms with Crippen LogP contribution < -0.4 is 5.32 Å². The molecule has 1 aliphatic rings. The maximum Gasteiger partial charge on any atom is 0.288 e. The number of carbonyl (C=O) groups is 1. The van der Waals surface area contributed by atoms with Gasteiger partial charge in [0.1, 0.15) is 5.02 Å². The molecule has 0 aliphatic carbocycles. The minimum absolute atomic E-state index is 0.0184. The van der Waals surface area contributed by atoms with Crippen LogP contribution in [0.5, 0.6) is 0 Å². The molecule has 1 N–H and O–H groups in total. The van der Waals surface area contributed by atoms with Crippen LogP contribution in [0.3, 0.4) is 0 Å². The van der Waals surface area contributed by atoms with Gasteiger partial charge in [-0.2, -0.15) is 0 Å². The van der Waals surface area contributed by atoms with Crippen LogP contribution in [-0.2, 0) is 9.84 Å². The van der Waals surface area contributed by atoms with Crippen LogP contribution in [0, 0.1) is 10.1 Å². The monoisotopic (exact) mass is 332 g/mol. The van der Waals surface area contributed by atoms with Crippen LogP contribution in [0.2, 0.25) is 5.02 Å². The predicted molar refractivity (Wildman–Crippen MR) is 77.2 cm³/mol. The van der Waals surface area contributed by atoms with Crippen molar-refractivity contribution in [1.29, 1.82) is 0 Å². The topological polar surface area (TPSA) is 106 Å². The molecule has 0 spiro atoms. The van der Waals surface area contributed by atoms with E-state index < -0.39 is 26.2 Å². The van der Waals surface area contributed by atoms with Crippen molar-refractivity contribution in [3.63, 3.8) is 0 Å². The molecule has 1 aliphatic heterocycles. The van der Waals surface area contributed by atoms with Crippen molar-refractivity contribution in [2.45, 2.75) is 18.9 Å². The number of nitrogens with zero attached hydrogens (tertiary/aromatic N) is 1. The molecule has 0 bridgehead atoms. The quantitative estimate of drug-likeness (QED) is 0.667. The number of amides is 1. The molecule has 1 unspecified atom stereocenters. The van der Waals surface area contributed by atoms with Gasteiger partial charge in [-0.15, -0.1) is 0 Å². The van der Waals surface area contributed by atoms with Gasteiger partial charge >= 0.3 is 0 Å². The molecule has 1 atom stereocenters. The van der Waals surface area contributed by atoms with Gasteiger partial charge in [0.05, 0.1) is 22.0 Å². The van der Waals surface area contributed by atoms with Crippen molar-refractivity contribution in [3.05, 3.63) is 38.9 Å². The van der Waals surface area contributed by atoms with Gasteiger partial charge in [-0.05, 0) is 25.5 Å². The summed E-state index contributed by atoms with van der Waals surface area (Å²) < 4.78 is 23.0. The molecule has 0 radical (unpaired) electrons. The Morgan fingerprint density at radius 3 is 2.67 bits per heavy atom. The first-order chi connectivity index (χ1) is 9.62. The first-order valence-corrected chi connectivity index (χ1v) is 8.29. The Bertz CT molecular complexity index is 718. The minimum atomic E-state index is -3.15. The second-order valence-electron chi connectivity index (χ2n) is 5.28. The zero-order valence-electron chi connectivity index (χ0n) is 11.1. The third kappa shape index (κ3) is 3.51. The van der Waals surface area contributed by atoms with Gasteiger partial charge in [-0.3, -0.25) is 14.9 Å². The highest BCUT2D eigenvalue weighted by atomic mass is 35.5. The number of benzene rings is 1. The van der Waals surface area contributed by atoms with Gasteiger partial charge in [0, 0.05) is 11.6 Å². The number of hydrogen-bond donors (Lipinski definition) is 1. The van der Waals surface area contributed by atoms with Gasteiger partial charge in [0.15, 0.2) is 9.84 Å². The second-order valence-corrected chi connectivity index (χ2v) is 7.87. The van der Waals surface area contributed by atoms with Crippen LogP contribution in [0.1, 0.15) is 23.7 Å². The molecule has 1 aromatic rings. The standard InChI is InChI=1S/C12H13ClN2O5S/c1-12(4-5-21(19,20)7-12)14-11(16)8-2-3-9(13)10(6-8)15(17)18/h2-3,6H,4-5,7H2,1H3,(H,14,16).